The first-order valence-electron chi connectivity index (χ1n) is 12.3. The molecule has 0 spiro atoms. The van der Waals surface area contributed by atoms with Crippen LogP contribution in [0.3, 0.4) is 0 Å². The molecule has 2 unspecified atom stereocenters. The number of thiol groups is 1. The molecule has 2 aromatic rings. The fourth-order valence-electron chi connectivity index (χ4n) is 3.90. The summed E-state index contributed by atoms with van der Waals surface area (Å²) >= 11 is 10.7. The normalized spacial score (nSPS) is 13.2. The second-order valence-electron chi connectivity index (χ2n) is 11.0. The van der Waals surface area contributed by atoms with E-state index in [1.54, 1.807) is 57.2 Å². The van der Waals surface area contributed by atoms with Crippen LogP contribution >= 0.6 is 24.2 Å². The lowest BCUT2D eigenvalue weighted by Crippen LogP contribution is -2.58. The molecule has 3 amide bonds. The maximum Gasteiger partial charge on any atom is 0.408 e. The number of ether oxygens (including phenoxy) is 1. The Bertz CT molecular complexity index is 1170. The number of hydrogen-bond acceptors (Lipinski definition) is 5. The summed E-state index contributed by atoms with van der Waals surface area (Å²) in [4.78, 5) is 42.1. The SMILES string of the molecule is C=Cc1cccc(C(C(=O)Nc2c(C)cccc2Cl)N(C(=O)C(CS)NC(=O)OC(C)(C)C)C(C)(C)C)c1. The number of carbonyl (C=O) groups is 3. The summed E-state index contributed by atoms with van der Waals surface area (Å²) < 4.78 is 5.35. The number of halogens is 1. The molecule has 0 saturated heterocycles. The lowest BCUT2D eigenvalue weighted by atomic mass is 9.94. The van der Waals surface area contributed by atoms with E-state index in [0.29, 0.717) is 16.3 Å². The first kappa shape index (κ1) is 31.2. The van der Waals surface area contributed by atoms with E-state index in [9.17, 15) is 14.4 Å². The summed E-state index contributed by atoms with van der Waals surface area (Å²) in [7, 11) is 0. The van der Waals surface area contributed by atoms with E-state index in [-0.39, 0.29) is 5.75 Å². The van der Waals surface area contributed by atoms with Gasteiger partial charge in [-0.25, -0.2) is 4.79 Å². The molecular weight excluding hydrogens is 522 g/mol. The highest BCUT2D eigenvalue weighted by Gasteiger charge is 2.42. The number of nitrogens with one attached hydrogen (secondary N) is 2. The summed E-state index contributed by atoms with van der Waals surface area (Å²) in [5.74, 6) is -0.950. The average molecular weight is 560 g/mol. The quantitative estimate of drug-likeness (QED) is 0.326. The molecule has 206 valence electrons. The molecule has 9 heteroatoms. The Labute approximate surface area is 236 Å². The van der Waals surface area contributed by atoms with Gasteiger partial charge >= 0.3 is 6.09 Å². The van der Waals surface area contributed by atoms with Gasteiger partial charge in [0.25, 0.3) is 5.91 Å². The molecule has 0 fully saturated rings. The predicted octanol–water partition coefficient (Wildman–Crippen LogP) is 6.42. The zero-order valence-electron chi connectivity index (χ0n) is 23.1. The number of amides is 3. The van der Waals surface area contributed by atoms with E-state index in [2.05, 4.69) is 29.8 Å². The molecule has 7 nitrogen and oxygen atoms in total. The van der Waals surface area contributed by atoms with Crippen molar-refractivity contribution in [2.75, 3.05) is 11.1 Å². The molecule has 0 radical (unpaired) electrons. The van der Waals surface area contributed by atoms with Crippen LogP contribution in [0.5, 0.6) is 0 Å². The van der Waals surface area contributed by atoms with Gasteiger partial charge in [0, 0.05) is 11.3 Å². The largest absolute Gasteiger partial charge is 0.444 e. The fourth-order valence-corrected chi connectivity index (χ4v) is 4.42. The van der Waals surface area contributed by atoms with Crippen LogP contribution in [-0.2, 0) is 14.3 Å². The van der Waals surface area contributed by atoms with Crippen molar-refractivity contribution >= 4 is 53.9 Å². The molecule has 38 heavy (non-hydrogen) atoms. The number of para-hydroxylation sites is 1. The molecule has 2 N–H and O–H groups in total. The van der Waals surface area contributed by atoms with Crippen molar-refractivity contribution in [3.63, 3.8) is 0 Å². The number of anilines is 1. The smallest absolute Gasteiger partial charge is 0.408 e. The number of nitrogens with zero attached hydrogens (tertiary/aromatic N) is 1. The highest BCUT2D eigenvalue weighted by Crippen LogP contribution is 2.33. The van der Waals surface area contributed by atoms with Crippen LogP contribution in [0.2, 0.25) is 5.02 Å². The van der Waals surface area contributed by atoms with E-state index in [4.69, 9.17) is 16.3 Å². The molecule has 0 bridgehead atoms. The van der Waals surface area contributed by atoms with E-state index in [0.717, 1.165) is 11.1 Å². The molecule has 0 aliphatic carbocycles. The first-order chi connectivity index (χ1) is 17.6. The Kier molecular flexibility index (Phi) is 10.5. The van der Waals surface area contributed by atoms with Crippen LogP contribution < -0.4 is 10.6 Å². The topological polar surface area (TPSA) is 87.7 Å². The Balaban J connectivity index is 2.61. The van der Waals surface area contributed by atoms with E-state index >= 15 is 0 Å². The van der Waals surface area contributed by atoms with Gasteiger partial charge in [0.05, 0.1) is 10.7 Å². The van der Waals surface area contributed by atoms with Gasteiger partial charge in [-0.05, 0) is 77.3 Å². The molecule has 2 rings (SSSR count). The molecule has 0 aromatic heterocycles. The van der Waals surface area contributed by atoms with Crippen molar-refractivity contribution < 1.29 is 19.1 Å². The number of alkyl carbamates (subject to hydrolysis) is 1. The third kappa shape index (κ3) is 8.27. The summed E-state index contributed by atoms with van der Waals surface area (Å²) in [6.07, 6.45) is 0.917. The molecule has 0 saturated carbocycles. The Hall–Kier alpha value is -2.97. The standard InChI is InChI=1S/C29H38ClN3O4S/c1-9-19-13-11-14-20(16-19)24(25(34)32-23-18(2)12-10-15-21(23)30)33(28(3,4)5)26(35)22(17-38)31-27(36)37-29(6,7)8/h9-16,22,24,38H,1,17H2,2-8H3,(H,31,36)(H,32,34). The van der Waals surface area contributed by atoms with Crippen LogP contribution in [0.25, 0.3) is 6.08 Å². The molecule has 0 heterocycles. The number of aryl methyl sites for hydroxylation is 1. The zero-order valence-corrected chi connectivity index (χ0v) is 24.7. The van der Waals surface area contributed by atoms with Gasteiger partial charge in [-0.2, -0.15) is 12.6 Å². The van der Waals surface area contributed by atoms with Gasteiger partial charge in [-0.1, -0.05) is 54.6 Å². The van der Waals surface area contributed by atoms with Crippen LogP contribution in [-0.4, -0.2) is 45.7 Å². The van der Waals surface area contributed by atoms with Crippen LogP contribution in [0.1, 0.15) is 64.3 Å². The fraction of sp³-hybridized carbons (Fsp3) is 0.414. The number of hydrogen-bond donors (Lipinski definition) is 3. The predicted molar refractivity (Wildman–Crippen MR) is 158 cm³/mol. The van der Waals surface area contributed by atoms with E-state index in [1.165, 1.54) is 4.90 Å². The third-order valence-corrected chi connectivity index (χ3v) is 6.25. The van der Waals surface area contributed by atoms with Gasteiger partial charge in [-0.3, -0.25) is 9.59 Å². The van der Waals surface area contributed by atoms with Gasteiger partial charge in [0.1, 0.15) is 17.7 Å². The second-order valence-corrected chi connectivity index (χ2v) is 11.7. The molecule has 2 atom stereocenters. The van der Waals surface area contributed by atoms with E-state index in [1.807, 2.05) is 39.8 Å². The van der Waals surface area contributed by atoms with Crippen molar-refractivity contribution in [3.05, 3.63) is 70.8 Å². The first-order valence-corrected chi connectivity index (χ1v) is 13.3. The van der Waals surface area contributed by atoms with Crippen molar-refractivity contribution in [2.45, 2.75) is 71.7 Å². The Morgan fingerprint density at radius 2 is 1.74 bits per heavy atom. The maximum absolute atomic E-state index is 14.1. The minimum Gasteiger partial charge on any atom is -0.444 e. The number of carbonyl (C=O) groups excluding carboxylic acids is 3. The van der Waals surface area contributed by atoms with Crippen molar-refractivity contribution in [3.8, 4) is 0 Å². The minimum absolute atomic E-state index is 0.00465. The lowest BCUT2D eigenvalue weighted by Gasteiger charge is -2.43. The Morgan fingerprint density at radius 1 is 1.11 bits per heavy atom. The highest BCUT2D eigenvalue weighted by atomic mass is 35.5. The monoisotopic (exact) mass is 559 g/mol. The molecule has 2 aromatic carbocycles. The summed E-state index contributed by atoms with van der Waals surface area (Å²) in [5, 5.41) is 5.92. The molecule has 0 aliphatic rings. The van der Waals surface area contributed by atoms with Crippen LogP contribution in [0.15, 0.2) is 49.0 Å². The lowest BCUT2D eigenvalue weighted by molar-refractivity contribution is -0.146. The second kappa shape index (κ2) is 12.7. The number of rotatable bonds is 8. The van der Waals surface area contributed by atoms with Crippen molar-refractivity contribution in [1.82, 2.24) is 10.2 Å². The van der Waals surface area contributed by atoms with Gasteiger partial charge in [0.15, 0.2) is 0 Å². The molecule has 0 aliphatic heterocycles. The van der Waals surface area contributed by atoms with Crippen molar-refractivity contribution in [1.29, 1.82) is 0 Å². The summed E-state index contributed by atoms with van der Waals surface area (Å²) in [6, 6.07) is 10.4. The highest BCUT2D eigenvalue weighted by molar-refractivity contribution is 7.80. The average Bonchev–Trinajstić information content (AvgIpc) is 2.80. The summed E-state index contributed by atoms with van der Waals surface area (Å²) in [5.41, 5.74) is 1.01. The summed E-state index contributed by atoms with van der Waals surface area (Å²) in [6.45, 7) is 16.3. The van der Waals surface area contributed by atoms with Gasteiger partial charge in [0.2, 0.25) is 5.91 Å². The zero-order chi connectivity index (χ0) is 28.8. The van der Waals surface area contributed by atoms with Crippen molar-refractivity contribution in [2.24, 2.45) is 0 Å². The van der Waals surface area contributed by atoms with Crippen LogP contribution in [0, 0.1) is 6.92 Å². The minimum atomic E-state index is -1.07. The van der Waals surface area contributed by atoms with Crippen LogP contribution in [0.4, 0.5) is 10.5 Å². The third-order valence-electron chi connectivity index (χ3n) is 5.57. The van der Waals surface area contributed by atoms with Gasteiger partial charge in [-0.15, -0.1) is 0 Å². The van der Waals surface area contributed by atoms with E-state index < -0.39 is 41.1 Å². The Morgan fingerprint density at radius 3 is 2.26 bits per heavy atom. The molecular formula is C29H38ClN3O4S. The number of benzene rings is 2. The van der Waals surface area contributed by atoms with Gasteiger partial charge < -0.3 is 20.3 Å². The maximum atomic E-state index is 14.1.